The topological polar surface area (TPSA) is 38.0 Å². The Kier molecular flexibility index (Phi) is 4.00. The molecule has 0 spiro atoms. The molecule has 3 heteroatoms. The van der Waals surface area contributed by atoms with E-state index in [1.807, 2.05) is 18.7 Å². The Labute approximate surface area is 121 Å². The molecule has 1 aromatic heterocycles. The number of nitrogens with zero attached hydrogens (tertiary/aromatic N) is 2. The molecule has 2 aromatic rings. The Bertz CT molecular complexity index is 591. The lowest BCUT2D eigenvalue weighted by Gasteiger charge is -2.25. The molecular formula is C17H24N2O. The summed E-state index contributed by atoms with van der Waals surface area (Å²) in [5.41, 5.74) is 4.58. The summed E-state index contributed by atoms with van der Waals surface area (Å²) in [6.45, 7) is 8.09. The van der Waals surface area contributed by atoms with Crippen LogP contribution in [-0.2, 0) is 25.5 Å². The van der Waals surface area contributed by atoms with Gasteiger partial charge >= 0.3 is 0 Å². The van der Waals surface area contributed by atoms with Gasteiger partial charge in [0.05, 0.1) is 11.3 Å². The van der Waals surface area contributed by atoms with Crippen LogP contribution in [0.25, 0.3) is 0 Å². The first-order valence-electron chi connectivity index (χ1n) is 7.15. The maximum atomic E-state index is 10.9. The third-order valence-electron chi connectivity index (χ3n) is 3.76. The highest BCUT2D eigenvalue weighted by atomic mass is 16.3. The Hall–Kier alpha value is -1.61. The molecular weight excluding hydrogens is 248 g/mol. The lowest BCUT2D eigenvalue weighted by molar-refractivity contribution is 0.0555. The average molecular weight is 272 g/mol. The summed E-state index contributed by atoms with van der Waals surface area (Å²) < 4.78 is 1.87. The van der Waals surface area contributed by atoms with Crippen molar-refractivity contribution in [2.24, 2.45) is 7.05 Å². The van der Waals surface area contributed by atoms with Crippen LogP contribution >= 0.6 is 0 Å². The maximum absolute atomic E-state index is 10.9. The van der Waals surface area contributed by atoms with Crippen molar-refractivity contribution in [3.8, 4) is 0 Å². The summed E-state index contributed by atoms with van der Waals surface area (Å²) >= 11 is 0. The van der Waals surface area contributed by atoms with Crippen LogP contribution in [0.5, 0.6) is 0 Å². The highest BCUT2D eigenvalue weighted by Gasteiger charge is 2.25. The van der Waals surface area contributed by atoms with Gasteiger partial charge in [0.15, 0.2) is 0 Å². The predicted octanol–water partition coefficient (Wildman–Crippen LogP) is 3.05. The van der Waals surface area contributed by atoms with E-state index in [9.17, 15) is 5.11 Å². The van der Waals surface area contributed by atoms with Crippen molar-refractivity contribution in [3.63, 3.8) is 0 Å². The van der Waals surface area contributed by atoms with Gasteiger partial charge in [-0.25, -0.2) is 0 Å². The molecule has 0 bridgehead atoms. The molecule has 0 saturated heterocycles. The molecule has 108 valence electrons. The molecule has 1 heterocycles. The van der Waals surface area contributed by atoms with Crippen LogP contribution in [0, 0.1) is 13.8 Å². The molecule has 0 aliphatic carbocycles. The summed E-state index contributed by atoms with van der Waals surface area (Å²) in [4.78, 5) is 0. The van der Waals surface area contributed by atoms with Gasteiger partial charge in [0.2, 0.25) is 0 Å². The zero-order chi connectivity index (χ0) is 14.9. The van der Waals surface area contributed by atoms with Gasteiger partial charge in [-0.2, -0.15) is 5.10 Å². The third-order valence-corrected chi connectivity index (χ3v) is 3.76. The molecule has 20 heavy (non-hydrogen) atoms. The molecule has 0 aliphatic heterocycles. The number of aliphatic hydroxyl groups is 1. The fraction of sp³-hybridized carbons (Fsp3) is 0.471. The summed E-state index contributed by atoms with van der Waals surface area (Å²) in [5.74, 6) is 0. The molecule has 0 amide bonds. The number of aryl methyl sites for hydroxylation is 4. The SMILES string of the molecule is CCc1cc(CC(C)(O)c2cc(C)cc(C)c2)n(C)n1. The average Bonchev–Trinajstić information content (AvgIpc) is 2.68. The van der Waals surface area contributed by atoms with Gasteiger partial charge < -0.3 is 5.11 Å². The highest BCUT2D eigenvalue weighted by molar-refractivity contribution is 5.33. The minimum Gasteiger partial charge on any atom is -0.385 e. The number of hydrogen-bond donors (Lipinski definition) is 1. The number of rotatable bonds is 4. The third kappa shape index (κ3) is 3.10. The number of benzene rings is 1. The first-order chi connectivity index (χ1) is 9.31. The molecule has 0 fully saturated rings. The standard InChI is InChI=1S/C17H24N2O/c1-6-15-10-16(19(5)18-15)11-17(4,20)14-8-12(2)7-13(3)9-14/h7-10,20H,6,11H2,1-5H3. The van der Waals surface area contributed by atoms with Crippen molar-refractivity contribution >= 4 is 0 Å². The Morgan fingerprint density at radius 1 is 1.15 bits per heavy atom. The Balaban J connectivity index is 2.32. The lowest BCUT2D eigenvalue weighted by Crippen LogP contribution is -2.25. The van der Waals surface area contributed by atoms with Crippen LogP contribution in [0.15, 0.2) is 24.3 Å². The van der Waals surface area contributed by atoms with E-state index in [2.05, 4.69) is 50.1 Å². The van der Waals surface area contributed by atoms with E-state index in [1.165, 1.54) is 11.1 Å². The molecule has 1 aromatic carbocycles. The second-order valence-corrected chi connectivity index (χ2v) is 5.93. The van der Waals surface area contributed by atoms with E-state index in [0.29, 0.717) is 6.42 Å². The Morgan fingerprint density at radius 3 is 2.25 bits per heavy atom. The van der Waals surface area contributed by atoms with Crippen molar-refractivity contribution in [1.29, 1.82) is 0 Å². The van der Waals surface area contributed by atoms with Crippen LogP contribution in [-0.4, -0.2) is 14.9 Å². The summed E-state index contributed by atoms with van der Waals surface area (Å²) in [5, 5.41) is 15.3. The van der Waals surface area contributed by atoms with E-state index in [0.717, 1.165) is 23.4 Å². The summed E-state index contributed by atoms with van der Waals surface area (Å²) in [6.07, 6.45) is 1.49. The van der Waals surface area contributed by atoms with Crippen molar-refractivity contribution < 1.29 is 5.11 Å². The first kappa shape index (κ1) is 14.8. The zero-order valence-corrected chi connectivity index (χ0v) is 13.1. The molecule has 0 aliphatic rings. The van der Waals surface area contributed by atoms with Crippen LogP contribution in [0.4, 0.5) is 0 Å². The summed E-state index contributed by atoms with van der Waals surface area (Å²) in [7, 11) is 1.94. The maximum Gasteiger partial charge on any atom is 0.0923 e. The van der Waals surface area contributed by atoms with E-state index < -0.39 is 5.60 Å². The molecule has 0 saturated carbocycles. The van der Waals surface area contributed by atoms with Crippen LogP contribution in [0.2, 0.25) is 0 Å². The van der Waals surface area contributed by atoms with Gasteiger partial charge in [-0.1, -0.05) is 36.2 Å². The van der Waals surface area contributed by atoms with Gasteiger partial charge in [-0.3, -0.25) is 4.68 Å². The van der Waals surface area contributed by atoms with E-state index in [4.69, 9.17) is 0 Å². The molecule has 3 nitrogen and oxygen atoms in total. The van der Waals surface area contributed by atoms with Gasteiger partial charge in [0.1, 0.15) is 0 Å². The van der Waals surface area contributed by atoms with Crippen LogP contribution in [0.1, 0.15) is 41.9 Å². The van der Waals surface area contributed by atoms with Crippen molar-refractivity contribution in [1.82, 2.24) is 9.78 Å². The predicted molar refractivity (Wildman–Crippen MR) is 81.8 cm³/mol. The van der Waals surface area contributed by atoms with E-state index in [1.54, 1.807) is 0 Å². The van der Waals surface area contributed by atoms with E-state index >= 15 is 0 Å². The molecule has 1 unspecified atom stereocenters. The number of aromatic nitrogens is 2. The van der Waals surface area contributed by atoms with Gasteiger partial charge in [-0.05, 0) is 38.8 Å². The fourth-order valence-electron chi connectivity index (χ4n) is 2.65. The fourth-order valence-corrected chi connectivity index (χ4v) is 2.65. The molecule has 2 rings (SSSR count). The summed E-state index contributed by atoms with van der Waals surface area (Å²) in [6, 6.07) is 8.32. The Morgan fingerprint density at radius 2 is 1.75 bits per heavy atom. The first-order valence-corrected chi connectivity index (χ1v) is 7.15. The van der Waals surface area contributed by atoms with E-state index in [-0.39, 0.29) is 0 Å². The van der Waals surface area contributed by atoms with Crippen molar-refractivity contribution in [2.75, 3.05) is 0 Å². The second-order valence-electron chi connectivity index (χ2n) is 5.93. The molecule has 1 atom stereocenters. The molecule has 1 N–H and O–H groups in total. The van der Waals surface area contributed by atoms with Gasteiger partial charge in [0.25, 0.3) is 0 Å². The van der Waals surface area contributed by atoms with Crippen LogP contribution in [0.3, 0.4) is 0 Å². The quantitative estimate of drug-likeness (QED) is 0.929. The minimum atomic E-state index is -0.879. The highest BCUT2D eigenvalue weighted by Crippen LogP contribution is 2.27. The second kappa shape index (κ2) is 5.41. The van der Waals surface area contributed by atoms with Crippen molar-refractivity contribution in [3.05, 3.63) is 52.3 Å². The largest absolute Gasteiger partial charge is 0.385 e. The van der Waals surface area contributed by atoms with Gasteiger partial charge in [-0.15, -0.1) is 0 Å². The molecule has 0 radical (unpaired) electrons. The number of hydrogen-bond acceptors (Lipinski definition) is 2. The smallest absolute Gasteiger partial charge is 0.0923 e. The van der Waals surface area contributed by atoms with Gasteiger partial charge in [0, 0.05) is 19.2 Å². The zero-order valence-electron chi connectivity index (χ0n) is 13.1. The lowest BCUT2D eigenvalue weighted by atomic mass is 9.89. The van der Waals surface area contributed by atoms with Crippen molar-refractivity contribution in [2.45, 2.75) is 46.1 Å². The van der Waals surface area contributed by atoms with Crippen LogP contribution < -0.4 is 0 Å². The monoisotopic (exact) mass is 272 g/mol. The minimum absolute atomic E-state index is 0.569. The normalized spacial score (nSPS) is 14.3.